The molecule has 4 unspecified atom stereocenters. The van der Waals surface area contributed by atoms with E-state index in [0.717, 1.165) is 38.6 Å². The maximum Gasteiger partial charge on any atom is 0.0939 e. The van der Waals surface area contributed by atoms with Crippen LogP contribution in [0.1, 0.15) is 39.5 Å². The van der Waals surface area contributed by atoms with Gasteiger partial charge in [-0.3, -0.25) is 0 Å². The zero-order valence-electron chi connectivity index (χ0n) is 10.6. The molecule has 0 aromatic carbocycles. The van der Waals surface area contributed by atoms with Gasteiger partial charge in [0, 0.05) is 25.7 Å². The molecule has 2 rings (SSSR count). The standard InChI is InChI=1S/C13H25NO2/c1-10(7-11(2)14)12-3-5-16-13(8-12)4-6-15-9-13/h10-12H,3-9,14H2,1-2H3. The highest BCUT2D eigenvalue weighted by atomic mass is 16.6. The predicted octanol–water partition coefficient (Wildman–Crippen LogP) is 1.95. The molecule has 2 heterocycles. The Labute approximate surface area is 98.7 Å². The third-order valence-corrected chi connectivity index (χ3v) is 4.15. The van der Waals surface area contributed by atoms with Gasteiger partial charge in [0.1, 0.15) is 0 Å². The highest BCUT2D eigenvalue weighted by molar-refractivity contribution is 4.91. The van der Waals surface area contributed by atoms with Gasteiger partial charge in [0.2, 0.25) is 0 Å². The zero-order chi connectivity index (χ0) is 11.6. The summed E-state index contributed by atoms with van der Waals surface area (Å²) in [7, 11) is 0. The van der Waals surface area contributed by atoms with Crippen LogP contribution in [0.3, 0.4) is 0 Å². The minimum Gasteiger partial charge on any atom is -0.378 e. The summed E-state index contributed by atoms with van der Waals surface area (Å²) < 4.78 is 11.5. The van der Waals surface area contributed by atoms with Crippen molar-refractivity contribution in [3.05, 3.63) is 0 Å². The first-order chi connectivity index (χ1) is 7.61. The zero-order valence-corrected chi connectivity index (χ0v) is 10.6. The molecule has 2 aliphatic heterocycles. The molecular weight excluding hydrogens is 202 g/mol. The molecule has 0 aromatic rings. The van der Waals surface area contributed by atoms with E-state index in [0.29, 0.717) is 12.0 Å². The summed E-state index contributed by atoms with van der Waals surface area (Å²) in [4.78, 5) is 0. The lowest BCUT2D eigenvalue weighted by Gasteiger charge is -2.39. The molecule has 2 saturated heterocycles. The largest absolute Gasteiger partial charge is 0.378 e. The summed E-state index contributed by atoms with van der Waals surface area (Å²) in [5, 5.41) is 0. The van der Waals surface area contributed by atoms with Crippen LogP contribution in [0.15, 0.2) is 0 Å². The fraction of sp³-hybridized carbons (Fsp3) is 1.00. The molecule has 16 heavy (non-hydrogen) atoms. The first-order valence-corrected chi connectivity index (χ1v) is 6.59. The second-order valence-electron chi connectivity index (χ2n) is 5.78. The Hall–Kier alpha value is -0.120. The molecule has 0 radical (unpaired) electrons. The molecule has 2 N–H and O–H groups in total. The van der Waals surface area contributed by atoms with E-state index in [9.17, 15) is 0 Å². The van der Waals surface area contributed by atoms with E-state index in [1.165, 1.54) is 12.8 Å². The Morgan fingerprint density at radius 2 is 2.19 bits per heavy atom. The van der Waals surface area contributed by atoms with E-state index in [1.807, 2.05) is 0 Å². The van der Waals surface area contributed by atoms with Crippen molar-refractivity contribution in [1.82, 2.24) is 0 Å². The van der Waals surface area contributed by atoms with E-state index in [1.54, 1.807) is 0 Å². The monoisotopic (exact) mass is 227 g/mol. The van der Waals surface area contributed by atoms with Crippen molar-refractivity contribution in [1.29, 1.82) is 0 Å². The number of hydrogen-bond donors (Lipinski definition) is 1. The molecule has 0 aromatic heterocycles. The van der Waals surface area contributed by atoms with Gasteiger partial charge in [0.25, 0.3) is 0 Å². The van der Waals surface area contributed by atoms with E-state index in [2.05, 4.69) is 13.8 Å². The Bertz CT molecular complexity index is 224. The molecular formula is C13H25NO2. The normalized spacial score (nSPS) is 38.8. The van der Waals surface area contributed by atoms with Crippen molar-refractivity contribution in [2.24, 2.45) is 17.6 Å². The number of hydrogen-bond acceptors (Lipinski definition) is 3. The molecule has 0 saturated carbocycles. The first-order valence-electron chi connectivity index (χ1n) is 6.59. The van der Waals surface area contributed by atoms with Crippen LogP contribution in [0.5, 0.6) is 0 Å². The highest BCUT2D eigenvalue weighted by Gasteiger charge is 2.42. The van der Waals surface area contributed by atoms with Gasteiger partial charge < -0.3 is 15.2 Å². The molecule has 4 atom stereocenters. The summed E-state index contributed by atoms with van der Waals surface area (Å²) in [6, 6.07) is 0.314. The second-order valence-corrected chi connectivity index (χ2v) is 5.78. The van der Waals surface area contributed by atoms with Gasteiger partial charge in [-0.1, -0.05) is 6.92 Å². The number of rotatable bonds is 3. The quantitative estimate of drug-likeness (QED) is 0.801. The Morgan fingerprint density at radius 3 is 2.81 bits per heavy atom. The fourth-order valence-electron chi connectivity index (χ4n) is 3.19. The van der Waals surface area contributed by atoms with Gasteiger partial charge >= 0.3 is 0 Å². The lowest BCUT2D eigenvalue weighted by molar-refractivity contribution is -0.106. The Balaban J connectivity index is 1.90. The van der Waals surface area contributed by atoms with Crippen LogP contribution >= 0.6 is 0 Å². The molecule has 94 valence electrons. The average Bonchev–Trinajstić information content (AvgIpc) is 2.65. The molecule has 3 heteroatoms. The van der Waals surface area contributed by atoms with Gasteiger partial charge in [-0.05, 0) is 38.0 Å². The number of ether oxygens (including phenoxy) is 2. The molecule has 3 nitrogen and oxygen atoms in total. The maximum absolute atomic E-state index is 5.96. The summed E-state index contributed by atoms with van der Waals surface area (Å²) >= 11 is 0. The number of nitrogens with two attached hydrogens (primary N) is 1. The van der Waals surface area contributed by atoms with Crippen LogP contribution in [0, 0.1) is 11.8 Å². The molecule has 0 amide bonds. The van der Waals surface area contributed by atoms with Gasteiger partial charge in [0.05, 0.1) is 12.2 Å². The third kappa shape index (κ3) is 2.76. The van der Waals surface area contributed by atoms with E-state index in [4.69, 9.17) is 15.2 Å². The maximum atomic E-state index is 5.96. The van der Waals surface area contributed by atoms with Crippen LogP contribution in [0.4, 0.5) is 0 Å². The summed E-state index contributed by atoms with van der Waals surface area (Å²) in [5.41, 5.74) is 5.94. The van der Waals surface area contributed by atoms with Crippen LogP contribution in [-0.4, -0.2) is 31.5 Å². The lowest BCUT2D eigenvalue weighted by atomic mass is 9.77. The molecule has 1 spiro atoms. The lowest BCUT2D eigenvalue weighted by Crippen LogP contribution is -2.42. The van der Waals surface area contributed by atoms with Gasteiger partial charge in [-0.15, -0.1) is 0 Å². The van der Waals surface area contributed by atoms with E-state index < -0.39 is 0 Å². The molecule has 2 fully saturated rings. The van der Waals surface area contributed by atoms with Crippen molar-refractivity contribution in [3.8, 4) is 0 Å². The average molecular weight is 227 g/mol. The van der Waals surface area contributed by atoms with Crippen molar-refractivity contribution in [2.75, 3.05) is 19.8 Å². The minimum atomic E-state index is 0.0506. The Morgan fingerprint density at radius 1 is 1.38 bits per heavy atom. The van der Waals surface area contributed by atoms with Gasteiger partial charge in [0.15, 0.2) is 0 Å². The molecule has 0 bridgehead atoms. The molecule has 2 aliphatic rings. The SMILES string of the molecule is CC(N)CC(C)C1CCOC2(CCOC2)C1. The topological polar surface area (TPSA) is 44.5 Å². The first kappa shape index (κ1) is 12.3. The van der Waals surface area contributed by atoms with Crippen molar-refractivity contribution in [2.45, 2.75) is 51.2 Å². The van der Waals surface area contributed by atoms with Crippen LogP contribution < -0.4 is 5.73 Å². The smallest absolute Gasteiger partial charge is 0.0939 e. The van der Waals surface area contributed by atoms with Crippen molar-refractivity contribution >= 4 is 0 Å². The highest BCUT2D eigenvalue weighted by Crippen LogP contribution is 2.39. The second kappa shape index (κ2) is 5.03. The summed E-state index contributed by atoms with van der Waals surface area (Å²) in [6.07, 6.45) is 4.56. The van der Waals surface area contributed by atoms with Crippen LogP contribution in [-0.2, 0) is 9.47 Å². The Kier molecular flexibility index (Phi) is 3.88. The predicted molar refractivity (Wildman–Crippen MR) is 64.3 cm³/mol. The van der Waals surface area contributed by atoms with E-state index in [-0.39, 0.29) is 5.60 Å². The summed E-state index contributed by atoms with van der Waals surface area (Å²) in [6.45, 7) is 7.01. The minimum absolute atomic E-state index is 0.0506. The van der Waals surface area contributed by atoms with Gasteiger partial charge in [-0.25, -0.2) is 0 Å². The fourth-order valence-corrected chi connectivity index (χ4v) is 3.19. The third-order valence-electron chi connectivity index (χ3n) is 4.15. The van der Waals surface area contributed by atoms with Crippen LogP contribution in [0.2, 0.25) is 0 Å². The summed E-state index contributed by atoms with van der Waals surface area (Å²) in [5.74, 6) is 1.47. The van der Waals surface area contributed by atoms with Crippen molar-refractivity contribution in [3.63, 3.8) is 0 Å². The van der Waals surface area contributed by atoms with Crippen LogP contribution in [0.25, 0.3) is 0 Å². The van der Waals surface area contributed by atoms with Crippen molar-refractivity contribution < 1.29 is 9.47 Å². The van der Waals surface area contributed by atoms with Gasteiger partial charge in [-0.2, -0.15) is 0 Å². The van der Waals surface area contributed by atoms with E-state index >= 15 is 0 Å². The molecule has 0 aliphatic carbocycles.